The predicted molar refractivity (Wildman–Crippen MR) is 62.1 cm³/mol. The summed E-state index contributed by atoms with van der Waals surface area (Å²) in [6.45, 7) is 5.83. The van der Waals surface area contributed by atoms with Crippen LogP contribution in [0.4, 0.5) is 0 Å². The third-order valence-electron chi connectivity index (χ3n) is 2.20. The summed E-state index contributed by atoms with van der Waals surface area (Å²) in [4.78, 5) is 0. The van der Waals surface area contributed by atoms with Crippen molar-refractivity contribution in [2.45, 2.75) is 26.4 Å². The Bertz CT molecular complexity index is 276. The van der Waals surface area contributed by atoms with Gasteiger partial charge >= 0.3 is 0 Å². The monoisotopic (exact) mass is 227 g/mol. The first-order valence-corrected chi connectivity index (χ1v) is 5.78. The molecule has 0 aromatic carbocycles. The SMILES string of the molecule is CCCn1nccc1CNCCOCCO. The molecule has 0 saturated heterocycles. The molecule has 1 aromatic heterocycles. The zero-order valence-corrected chi connectivity index (χ0v) is 9.85. The largest absolute Gasteiger partial charge is 0.394 e. The van der Waals surface area contributed by atoms with Crippen molar-refractivity contribution < 1.29 is 9.84 Å². The molecule has 0 radical (unpaired) electrons. The van der Waals surface area contributed by atoms with Crippen LogP contribution >= 0.6 is 0 Å². The lowest BCUT2D eigenvalue weighted by Gasteiger charge is -2.07. The van der Waals surface area contributed by atoms with E-state index in [9.17, 15) is 0 Å². The van der Waals surface area contributed by atoms with Crippen molar-refractivity contribution in [1.82, 2.24) is 15.1 Å². The second-order valence-corrected chi connectivity index (χ2v) is 3.56. The molecule has 0 saturated carbocycles. The molecule has 1 aromatic rings. The summed E-state index contributed by atoms with van der Waals surface area (Å²) in [6.07, 6.45) is 2.92. The summed E-state index contributed by atoms with van der Waals surface area (Å²) in [5.41, 5.74) is 1.20. The molecule has 0 unspecified atom stereocenters. The quantitative estimate of drug-likeness (QED) is 0.599. The molecule has 16 heavy (non-hydrogen) atoms. The zero-order chi connectivity index (χ0) is 11.6. The Labute approximate surface area is 96.4 Å². The van der Waals surface area contributed by atoms with Crippen molar-refractivity contribution in [2.24, 2.45) is 0 Å². The lowest BCUT2D eigenvalue weighted by molar-refractivity contribution is 0.0937. The van der Waals surface area contributed by atoms with Crippen LogP contribution in [-0.4, -0.2) is 41.3 Å². The topological polar surface area (TPSA) is 59.3 Å². The van der Waals surface area contributed by atoms with Gasteiger partial charge in [0.25, 0.3) is 0 Å². The van der Waals surface area contributed by atoms with E-state index in [1.807, 2.05) is 16.9 Å². The van der Waals surface area contributed by atoms with E-state index in [1.54, 1.807) is 0 Å². The molecule has 0 spiro atoms. The highest BCUT2D eigenvalue weighted by atomic mass is 16.5. The van der Waals surface area contributed by atoms with Crippen LogP contribution in [-0.2, 0) is 17.8 Å². The highest BCUT2D eigenvalue weighted by Gasteiger charge is 2.00. The summed E-state index contributed by atoms with van der Waals surface area (Å²) >= 11 is 0. The van der Waals surface area contributed by atoms with Crippen LogP contribution in [0.2, 0.25) is 0 Å². The lowest BCUT2D eigenvalue weighted by atomic mass is 10.4. The van der Waals surface area contributed by atoms with Gasteiger partial charge < -0.3 is 15.2 Å². The van der Waals surface area contributed by atoms with Gasteiger partial charge in [0.15, 0.2) is 0 Å². The van der Waals surface area contributed by atoms with Crippen molar-refractivity contribution in [3.05, 3.63) is 18.0 Å². The van der Waals surface area contributed by atoms with E-state index < -0.39 is 0 Å². The number of hydrogen-bond acceptors (Lipinski definition) is 4. The molecule has 0 aliphatic heterocycles. The lowest BCUT2D eigenvalue weighted by Crippen LogP contribution is -2.21. The minimum Gasteiger partial charge on any atom is -0.394 e. The highest BCUT2D eigenvalue weighted by Crippen LogP contribution is 1.99. The Hall–Kier alpha value is -0.910. The molecule has 1 rings (SSSR count). The molecule has 0 amide bonds. The van der Waals surface area contributed by atoms with Gasteiger partial charge in [-0.2, -0.15) is 5.10 Å². The fourth-order valence-electron chi connectivity index (χ4n) is 1.45. The molecule has 92 valence electrons. The Morgan fingerprint density at radius 1 is 1.50 bits per heavy atom. The summed E-state index contributed by atoms with van der Waals surface area (Å²) in [5, 5.41) is 16.0. The maximum absolute atomic E-state index is 8.51. The number of hydrogen-bond donors (Lipinski definition) is 2. The van der Waals surface area contributed by atoms with Crippen LogP contribution < -0.4 is 5.32 Å². The molecule has 5 heteroatoms. The van der Waals surface area contributed by atoms with Crippen LogP contribution in [0.15, 0.2) is 12.3 Å². The fourth-order valence-corrected chi connectivity index (χ4v) is 1.45. The Kier molecular flexibility index (Phi) is 6.80. The van der Waals surface area contributed by atoms with Crippen molar-refractivity contribution in [3.8, 4) is 0 Å². The number of ether oxygens (including phenoxy) is 1. The van der Waals surface area contributed by atoms with Crippen LogP contribution in [0.3, 0.4) is 0 Å². The fraction of sp³-hybridized carbons (Fsp3) is 0.727. The summed E-state index contributed by atoms with van der Waals surface area (Å²) in [6, 6.07) is 2.03. The first-order valence-electron chi connectivity index (χ1n) is 5.78. The second-order valence-electron chi connectivity index (χ2n) is 3.56. The molecule has 0 bridgehead atoms. The average Bonchev–Trinajstić information content (AvgIpc) is 2.72. The maximum Gasteiger partial charge on any atom is 0.0698 e. The highest BCUT2D eigenvalue weighted by molar-refractivity contribution is 4.99. The number of aliphatic hydroxyl groups excluding tert-OH is 1. The van der Waals surface area contributed by atoms with Gasteiger partial charge in [0.05, 0.1) is 25.5 Å². The summed E-state index contributed by atoms with van der Waals surface area (Å²) in [5.74, 6) is 0. The zero-order valence-electron chi connectivity index (χ0n) is 9.85. The standard InChI is InChI=1S/C11H21N3O2/c1-2-6-14-11(3-4-13-14)10-12-5-8-16-9-7-15/h3-4,12,15H,2,5-10H2,1H3. The molecule has 5 nitrogen and oxygen atoms in total. The Morgan fingerprint density at radius 3 is 3.12 bits per heavy atom. The number of nitrogens with one attached hydrogen (secondary N) is 1. The van der Waals surface area contributed by atoms with E-state index >= 15 is 0 Å². The summed E-state index contributed by atoms with van der Waals surface area (Å²) in [7, 11) is 0. The van der Waals surface area contributed by atoms with Crippen LogP contribution in [0, 0.1) is 0 Å². The van der Waals surface area contributed by atoms with E-state index in [0.717, 1.165) is 26.1 Å². The van der Waals surface area contributed by atoms with Crippen molar-refractivity contribution in [1.29, 1.82) is 0 Å². The second kappa shape index (κ2) is 8.27. The molecule has 0 aliphatic rings. The van der Waals surface area contributed by atoms with Crippen molar-refractivity contribution in [3.63, 3.8) is 0 Å². The number of nitrogens with zero attached hydrogens (tertiary/aromatic N) is 2. The van der Waals surface area contributed by atoms with Crippen LogP contribution in [0.25, 0.3) is 0 Å². The smallest absolute Gasteiger partial charge is 0.0698 e. The van der Waals surface area contributed by atoms with Crippen LogP contribution in [0.5, 0.6) is 0 Å². The van der Waals surface area contributed by atoms with E-state index in [-0.39, 0.29) is 6.61 Å². The normalized spacial score (nSPS) is 10.9. The molecule has 0 aliphatic carbocycles. The van der Waals surface area contributed by atoms with E-state index in [1.165, 1.54) is 5.69 Å². The minimum atomic E-state index is 0.0866. The third kappa shape index (κ3) is 4.74. The van der Waals surface area contributed by atoms with Gasteiger partial charge in [0, 0.05) is 25.8 Å². The first kappa shape index (κ1) is 13.2. The van der Waals surface area contributed by atoms with Crippen molar-refractivity contribution in [2.75, 3.05) is 26.4 Å². The predicted octanol–water partition coefficient (Wildman–Crippen LogP) is 0.392. The molecule has 0 atom stereocenters. The van der Waals surface area contributed by atoms with Gasteiger partial charge in [0.1, 0.15) is 0 Å². The third-order valence-corrected chi connectivity index (χ3v) is 2.20. The van der Waals surface area contributed by atoms with Gasteiger partial charge in [-0.25, -0.2) is 0 Å². The molecular weight excluding hydrogens is 206 g/mol. The van der Waals surface area contributed by atoms with E-state index in [2.05, 4.69) is 17.3 Å². The number of aromatic nitrogens is 2. The average molecular weight is 227 g/mol. The Balaban J connectivity index is 2.13. The van der Waals surface area contributed by atoms with Gasteiger partial charge in [0.2, 0.25) is 0 Å². The maximum atomic E-state index is 8.51. The van der Waals surface area contributed by atoms with Gasteiger partial charge in [-0.05, 0) is 12.5 Å². The molecular formula is C11H21N3O2. The number of rotatable bonds is 9. The van der Waals surface area contributed by atoms with E-state index in [4.69, 9.17) is 9.84 Å². The summed E-state index contributed by atoms with van der Waals surface area (Å²) < 4.78 is 7.16. The van der Waals surface area contributed by atoms with Gasteiger partial charge in [-0.15, -0.1) is 0 Å². The van der Waals surface area contributed by atoms with Crippen molar-refractivity contribution >= 4 is 0 Å². The Morgan fingerprint density at radius 2 is 2.38 bits per heavy atom. The molecule has 0 fully saturated rings. The minimum absolute atomic E-state index is 0.0866. The molecule has 1 heterocycles. The van der Waals surface area contributed by atoms with E-state index in [0.29, 0.717) is 13.2 Å². The van der Waals surface area contributed by atoms with Gasteiger partial charge in [-0.1, -0.05) is 6.92 Å². The first-order chi connectivity index (χ1) is 7.88. The van der Waals surface area contributed by atoms with Crippen LogP contribution in [0.1, 0.15) is 19.0 Å². The molecule has 2 N–H and O–H groups in total. The van der Waals surface area contributed by atoms with Gasteiger partial charge in [-0.3, -0.25) is 4.68 Å². The number of aliphatic hydroxyl groups is 1. The number of aryl methyl sites for hydroxylation is 1.